The van der Waals surface area contributed by atoms with Crippen LogP contribution in [0.1, 0.15) is 27.7 Å². The Bertz CT molecular complexity index is 307. The lowest BCUT2D eigenvalue weighted by molar-refractivity contribution is 0.527. The first-order valence-electron chi connectivity index (χ1n) is 4.72. The molecule has 0 amide bonds. The Morgan fingerprint density at radius 3 is 2.07 bits per heavy atom. The monoisotopic (exact) mass is 188 g/mol. The van der Waals surface area contributed by atoms with Gasteiger partial charge in [0.25, 0.3) is 0 Å². The normalized spacial score (nSPS) is 14.1. The predicted octanol–water partition coefficient (Wildman–Crippen LogP) is 3.20. The lowest BCUT2D eigenvalue weighted by Gasteiger charge is -2.17. The van der Waals surface area contributed by atoms with Gasteiger partial charge in [-0.25, -0.2) is 0 Å². The number of nitrogens with zero attached hydrogens (tertiary/aromatic N) is 2. The van der Waals surface area contributed by atoms with Crippen molar-refractivity contribution in [3.05, 3.63) is 23.3 Å². The highest BCUT2D eigenvalue weighted by atomic mass is 14.3. The van der Waals surface area contributed by atoms with Gasteiger partial charge >= 0.3 is 0 Å². The van der Waals surface area contributed by atoms with E-state index in [2.05, 4.69) is 13.0 Å². The van der Waals surface area contributed by atoms with Crippen molar-refractivity contribution in [1.82, 2.24) is 0 Å². The minimum absolute atomic E-state index is 0.237. The van der Waals surface area contributed by atoms with Gasteiger partial charge in [-0.3, -0.25) is 0 Å². The molecule has 14 heavy (non-hydrogen) atoms. The summed E-state index contributed by atoms with van der Waals surface area (Å²) in [4.78, 5) is 0. The number of hydrogen-bond acceptors (Lipinski definition) is 2. The Kier molecular flexibility index (Phi) is 5.34. The summed E-state index contributed by atoms with van der Waals surface area (Å²) >= 11 is 0. The average molecular weight is 188 g/mol. The molecule has 2 atom stereocenters. The van der Waals surface area contributed by atoms with Crippen LogP contribution >= 0.6 is 0 Å². The number of allylic oxidation sites excluding steroid dienone is 4. The third-order valence-electron chi connectivity index (χ3n) is 2.59. The van der Waals surface area contributed by atoms with Gasteiger partial charge < -0.3 is 0 Å². The topological polar surface area (TPSA) is 47.6 Å². The van der Waals surface area contributed by atoms with Crippen molar-refractivity contribution < 1.29 is 0 Å². The first-order valence-corrected chi connectivity index (χ1v) is 4.72. The molecule has 0 heterocycles. The fraction of sp³-hybridized carbons (Fsp3) is 0.500. The fourth-order valence-corrected chi connectivity index (χ4v) is 1.29. The molecule has 0 N–H and O–H groups in total. The highest BCUT2D eigenvalue weighted by molar-refractivity contribution is 5.40. The minimum Gasteiger partial charge on any atom is -0.192 e. The largest absolute Gasteiger partial charge is 0.192 e. The van der Waals surface area contributed by atoms with Gasteiger partial charge in [0, 0.05) is 0 Å². The Morgan fingerprint density at radius 1 is 1.21 bits per heavy atom. The molecule has 0 saturated heterocycles. The molecule has 0 aliphatic carbocycles. The summed E-state index contributed by atoms with van der Waals surface area (Å²) in [5.74, 6) is 0.595. The maximum Gasteiger partial charge on any atom is 0.128 e. The van der Waals surface area contributed by atoms with E-state index in [1.165, 1.54) is 0 Å². The van der Waals surface area contributed by atoms with Gasteiger partial charge in [0.15, 0.2) is 0 Å². The van der Waals surface area contributed by atoms with E-state index < -0.39 is 0 Å². The van der Waals surface area contributed by atoms with Gasteiger partial charge in [0.05, 0.1) is 0 Å². The summed E-state index contributed by atoms with van der Waals surface area (Å²) in [7, 11) is 0. The molecule has 0 radical (unpaired) electrons. The lowest BCUT2D eigenvalue weighted by Crippen LogP contribution is -2.08. The molecule has 0 bridgehead atoms. The Labute approximate surface area is 86.2 Å². The SMILES string of the molecule is C/C=C/[C@H](C)[C@@H](C)C(C)=C(C#N)C#N. The van der Waals surface area contributed by atoms with E-state index in [1.807, 2.05) is 39.0 Å². The van der Waals surface area contributed by atoms with Crippen LogP contribution in [0.5, 0.6) is 0 Å². The maximum absolute atomic E-state index is 8.71. The summed E-state index contributed by atoms with van der Waals surface area (Å²) in [6, 6.07) is 3.85. The van der Waals surface area contributed by atoms with Crippen molar-refractivity contribution >= 4 is 0 Å². The van der Waals surface area contributed by atoms with E-state index in [-0.39, 0.29) is 11.5 Å². The second kappa shape index (κ2) is 6.00. The lowest BCUT2D eigenvalue weighted by atomic mass is 9.87. The molecule has 0 aromatic heterocycles. The molecule has 74 valence electrons. The quantitative estimate of drug-likeness (QED) is 0.504. The second-order valence-corrected chi connectivity index (χ2v) is 3.46. The number of rotatable bonds is 3. The van der Waals surface area contributed by atoms with Gasteiger partial charge in [-0.2, -0.15) is 10.5 Å². The smallest absolute Gasteiger partial charge is 0.128 e. The minimum atomic E-state index is 0.237. The molecule has 0 aliphatic heterocycles. The predicted molar refractivity (Wildman–Crippen MR) is 57.1 cm³/mol. The van der Waals surface area contributed by atoms with Crippen molar-refractivity contribution in [3.63, 3.8) is 0 Å². The van der Waals surface area contributed by atoms with Crippen LogP contribution in [0.15, 0.2) is 23.3 Å². The van der Waals surface area contributed by atoms with Crippen LogP contribution in [0.3, 0.4) is 0 Å². The number of hydrogen-bond donors (Lipinski definition) is 0. The van der Waals surface area contributed by atoms with E-state index in [0.29, 0.717) is 5.92 Å². The van der Waals surface area contributed by atoms with Gasteiger partial charge in [-0.15, -0.1) is 0 Å². The van der Waals surface area contributed by atoms with Gasteiger partial charge in [-0.1, -0.05) is 26.0 Å². The van der Waals surface area contributed by atoms with E-state index in [0.717, 1.165) is 5.57 Å². The third kappa shape index (κ3) is 3.07. The highest BCUT2D eigenvalue weighted by Gasteiger charge is 2.14. The van der Waals surface area contributed by atoms with Gasteiger partial charge in [-0.05, 0) is 31.3 Å². The molecule has 0 rings (SSSR count). The molecule has 0 saturated carbocycles. The summed E-state index contributed by atoms with van der Waals surface area (Å²) in [6.07, 6.45) is 4.08. The zero-order valence-electron chi connectivity index (χ0n) is 9.20. The van der Waals surface area contributed by atoms with E-state index in [9.17, 15) is 0 Å². The van der Waals surface area contributed by atoms with Crippen LogP contribution in [0.25, 0.3) is 0 Å². The fourth-order valence-electron chi connectivity index (χ4n) is 1.29. The molecule has 0 aromatic rings. The van der Waals surface area contributed by atoms with Crippen LogP contribution in [0.2, 0.25) is 0 Å². The van der Waals surface area contributed by atoms with Crippen molar-refractivity contribution in [2.75, 3.05) is 0 Å². The zero-order chi connectivity index (χ0) is 11.1. The molecular formula is C12H16N2. The molecule has 0 fully saturated rings. The van der Waals surface area contributed by atoms with Crippen LogP contribution in [-0.4, -0.2) is 0 Å². The summed E-state index contributed by atoms with van der Waals surface area (Å²) < 4.78 is 0. The van der Waals surface area contributed by atoms with E-state index in [4.69, 9.17) is 10.5 Å². The zero-order valence-corrected chi connectivity index (χ0v) is 9.20. The van der Waals surface area contributed by atoms with Crippen LogP contribution in [0, 0.1) is 34.5 Å². The van der Waals surface area contributed by atoms with Crippen molar-refractivity contribution in [2.45, 2.75) is 27.7 Å². The van der Waals surface area contributed by atoms with Gasteiger partial charge in [0.2, 0.25) is 0 Å². The summed E-state index contributed by atoms with van der Waals surface area (Å²) in [5, 5.41) is 17.4. The van der Waals surface area contributed by atoms with E-state index >= 15 is 0 Å². The van der Waals surface area contributed by atoms with Crippen molar-refractivity contribution in [3.8, 4) is 12.1 Å². The molecule has 2 nitrogen and oxygen atoms in total. The molecular weight excluding hydrogens is 172 g/mol. The third-order valence-corrected chi connectivity index (χ3v) is 2.59. The van der Waals surface area contributed by atoms with Crippen LogP contribution in [-0.2, 0) is 0 Å². The molecule has 0 aliphatic rings. The first kappa shape index (κ1) is 12.5. The van der Waals surface area contributed by atoms with E-state index in [1.54, 1.807) is 0 Å². The molecule has 0 unspecified atom stereocenters. The summed E-state index contributed by atoms with van der Waals surface area (Å²) in [5.41, 5.74) is 1.12. The second-order valence-electron chi connectivity index (χ2n) is 3.46. The standard InChI is InChI=1S/C12H16N2/c1-5-6-9(2)10(3)11(4)12(7-13)8-14/h5-6,9-10H,1-4H3/b6-5+/t9-,10+/m0/s1. The van der Waals surface area contributed by atoms with Gasteiger partial charge in [0.1, 0.15) is 17.7 Å². The van der Waals surface area contributed by atoms with Crippen molar-refractivity contribution in [2.24, 2.45) is 11.8 Å². The van der Waals surface area contributed by atoms with Crippen LogP contribution < -0.4 is 0 Å². The molecule has 2 heteroatoms. The Morgan fingerprint density at radius 2 is 1.71 bits per heavy atom. The maximum atomic E-state index is 8.71. The Hall–Kier alpha value is -1.54. The highest BCUT2D eigenvalue weighted by Crippen LogP contribution is 2.23. The Balaban J connectivity index is 4.89. The molecule has 0 spiro atoms. The van der Waals surface area contributed by atoms with Crippen molar-refractivity contribution in [1.29, 1.82) is 10.5 Å². The van der Waals surface area contributed by atoms with Crippen LogP contribution in [0.4, 0.5) is 0 Å². The first-order chi connectivity index (χ1) is 6.58. The summed E-state index contributed by atoms with van der Waals surface area (Å²) in [6.45, 7) is 7.94. The average Bonchev–Trinajstić information content (AvgIpc) is 2.18. The number of nitriles is 2. The molecule has 0 aromatic carbocycles.